The Balaban J connectivity index is 2.32. The second-order valence-electron chi connectivity index (χ2n) is 2.71. The number of nitrogens with one attached hydrogen (secondary N) is 1. The fourth-order valence-electron chi connectivity index (χ4n) is 1.25. The molecule has 64 valence electrons. The van der Waals surface area contributed by atoms with Crippen molar-refractivity contribution in [1.29, 1.82) is 0 Å². The van der Waals surface area contributed by atoms with Crippen LogP contribution in [0.3, 0.4) is 0 Å². The minimum Gasteiger partial charge on any atom is -0.313 e. The molecule has 5 nitrogen and oxygen atoms in total. The molecular weight excluding hydrogens is 176 g/mol. The van der Waals surface area contributed by atoms with E-state index in [-0.39, 0.29) is 12.1 Å². The number of amidine groups is 1. The normalized spacial score (nSPS) is 33.0. The lowest BCUT2D eigenvalue weighted by Crippen LogP contribution is -2.48. The molecule has 0 radical (unpaired) electrons. The molecule has 2 atom stereocenters. The summed E-state index contributed by atoms with van der Waals surface area (Å²) in [5.41, 5.74) is 0. The van der Waals surface area contributed by atoms with Crippen molar-refractivity contribution in [2.45, 2.75) is 19.1 Å². The molecule has 0 aromatic rings. The van der Waals surface area contributed by atoms with E-state index in [0.29, 0.717) is 5.84 Å². The molecule has 0 saturated heterocycles. The first-order chi connectivity index (χ1) is 5.68. The Morgan fingerprint density at radius 2 is 2.50 bits per heavy atom. The zero-order valence-corrected chi connectivity index (χ0v) is 7.32. The fourth-order valence-corrected chi connectivity index (χ4v) is 1.48. The maximum atomic E-state index is 11.3. The minimum absolute atomic E-state index is 0.111. The van der Waals surface area contributed by atoms with E-state index in [4.69, 9.17) is 0 Å². The van der Waals surface area contributed by atoms with Gasteiger partial charge in [-0.1, -0.05) is 12.8 Å². The molecule has 1 N–H and O–H groups in total. The van der Waals surface area contributed by atoms with Crippen molar-refractivity contribution in [2.24, 2.45) is 9.98 Å². The van der Waals surface area contributed by atoms with Gasteiger partial charge in [-0.2, -0.15) is 0 Å². The van der Waals surface area contributed by atoms with Gasteiger partial charge in [0.2, 0.25) is 0 Å². The monoisotopic (exact) mass is 184 g/mol. The van der Waals surface area contributed by atoms with Gasteiger partial charge in [-0.15, -0.1) is 0 Å². The van der Waals surface area contributed by atoms with E-state index in [1.807, 2.05) is 0 Å². The second kappa shape index (κ2) is 2.48. The standard InChI is InChI=1S/C6H8N4OS/c1-3-8-5-4(6(11)9-3)7-2-10(5)12/h2,4-5,12H,1H3,(H,8,9,11). The zero-order valence-electron chi connectivity index (χ0n) is 6.43. The van der Waals surface area contributed by atoms with Crippen LogP contribution in [0.5, 0.6) is 0 Å². The molecule has 0 spiro atoms. The lowest BCUT2D eigenvalue weighted by Gasteiger charge is -2.24. The highest BCUT2D eigenvalue weighted by Gasteiger charge is 2.37. The maximum absolute atomic E-state index is 11.3. The molecule has 0 aromatic heterocycles. The van der Waals surface area contributed by atoms with Crippen LogP contribution in [0, 0.1) is 0 Å². The molecule has 12 heavy (non-hydrogen) atoms. The molecular formula is C6H8N4OS. The van der Waals surface area contributed by atoms with Crippen molar-refractivity contribution in [3.05, 3.63) is 0 Å². The average molecular weight is 184 g/mol. The zero-order chi connectivity index (χ0) is 8.72. The number of hydrogen-bond acceptors (Lipinski definition) is 5. The first-order valence-electron chi connectivity index (χ1n) is 3.54. The molecule has 2 unspecified atom stereocenters. The summed E-state index contributed by atoms with van der Waals surface area (Å²) in [6, 6.07) is -0.425. The van der Waals surface area contributed by atoms with Crippen LogP contribution >= 0.6 is 12.8 Å². The number of nitrogens with zero attached hydrogens (tertiary/aromatic N) is 3. The van der Waals surface area contributed by atoms with Gasteiger partial charge >= 0.3 is 0 Å². The quantitative estimate of drug-likeness (QED) is 0.495. The summed E-state index contributed by atoms with van der Waals surface area (Å²) in [6.45, 7) is 1.74. The third-order valence-electron chi connectivity index (χ3n) is 1.80. The Labute approximate surface area is 75.1 Å². The van der Waals surface area contributed by atoms with Crippen molar-refractivity contribution in [2.75, 3.05) is 0 Å². The van der Waals surface area contributed by atoms with Crippen molar-refractivity contribution in [3.8, 4) is 0 Å². The third kappa shape index (κ3) is 0.989. The first kappa shape index (κ1) is 7.60. The highest BCUT2D eigenvalue weighted by atomic mass is 32.1. The fraction of sp³-hybridized carbons (Fsp3) is 0.500. The highest BCUT2D eigenvalue weighted by Crippen LogP contribution is 2.19. The van der Waals surface area contributed by atoms with E-state index in [9.17, 15) is 4.79 Å². The van der Waals surface area contributed by atoms with Gasteiger partial charge in [0.1, 0.15) is 5.84 Å². The third-order valence-corrected chi connectivity index (χ3v) is 2.14. The van der Waals surface area contributed by atoms with Gasteiger partial charge in [-0.05, 0) is 6.92 Å². The van der Waals surface area contributed by atoms with Crippen LogP contribution in [-0.2, 0) is 4.79 Å². The molecule has 2 heterocycles. The molecule has 0 aromatic carbocycles. The molecule has 0 saturated carbocycles. The summed E-state index contributed by atoms with van der Waals surface area (Å²) in [5, 5.41) is 2.61. The predicted octanol–water partition coefficient (Wildman–Crippen LogP) is -0.582. The summed E-state index contributed by atoms with van der Waals surface area (Å²) >= 11 is 4.09. The van der Waals surface area contributed by atoms with Gasteiger partial charge in [-0.25, -0.2) is 4.99 Å². The summed E-state index contributed by atoms with van der Waals surface area (Å²) in [6.07, 6.45) is 1.25. The van der Waals surface area contributed by atoms with Crippen LogP contribution in [0.1, 0.15) is 6.92 Å². The number of carbonyl (C=O) groups is 1. The number of fused-ring (bicyclic) bond motifs is 1. The first-order valence-corrected chi connectivity index (χ1v) is 3.94. The van der Waals surface area contributed by atoms with Crippen molar-refractivity contribution >= 4 is 30.9 Å². The van der Waals surface area contributed by atoms with Crippen LogP contribution in [-0.4, -0.2) is 34.6 Å². The molecule has 2 rings (SSSR count). The van der Waals surface area contributed by atoms with Gasteiger partial charge in [0.25, 0.3) is 5.91 Å². The molecule has 0 aliphatic carbocycles. The van der Waals surface area contributed by atoms with Gasteiger partial charge in [0.15, 0.2) is 12.2 Å². The van der Waals surface area contributed by atoms with Crippen molar-refractivity contribution < 1.29 is 4.79 Å². The summed E-state index contributed by atoms with van der Waals surface area (Å²) in [4.78, 5) is 19.4. The van der Waals surface area contributed by atoms with Crippen LogP contribution < -0.4 is 5.32 Å². The van der Waals surface area contributed by atoms with Gasteiger partial charge < -0.3 is 5.32 Å². The number of amides is 1. The minimum atomic E-state index is -0.425. The van der Waals surface area contributed by atoms with Gasteiger partial charge in [-0.3, -0.25) is 14.1 Å². The number of carbonyl (C=O) groups excluding carboxylic acids is 1. The second-order valence-corrected chi connectivity index (χ2v) is 3.17. The Morgan fingerprint density at radius 1 is 1.75 bits per heavy atom. The van der Waals surface area contributed by atoms with E-state index in [1.54, 1.807) is 6.92 Å². The van der Waals surface area contributed by atoms with Crippen molar-refractivity contribution in [1.82, 2.24) is 9.62 Å². The van der Waals surface area contributed by atoms with Gasteiger partial charge in [0.05, 0.1) is 6.34 Å². The topological polar surface area (TPSA) is 57.1 Å². The Hall–Kier alpha value is -1.04. The van der Waals surface area contributed by atoms with Gasteiger partial charge in [0, 0.05) is 0 Å². The molecule has 2 aliphatic heterocycles. The summed E-state index contributed by atoms with van der Waals surface area (Å²) in [7, 11) is 0. The van der Waals surface area contributed by atoms with E-state index in [2.05, 4.69) is 28.1 Å². The van der Waals surface area contributed by atoms with E-state index in [0.717, 1.165) is 0 Å². The summed E-state index contributed by atoms with van der Waals surface area (Å²) < 4.78 is 1.53. The lowest BCUT2D eigenvalue weighted by molar-refractivity contribution is -0.121. The number of hydrogen-bond donors (Lipinski definition) is 2. The number of rotatable bonds is 0. The Morgan fingerprint density at radius 3 is 3.25 bits per heavy atom. The van der Waals surface area contributed by atoms with Crippen molar-refractivity contribution in [3.63, 3.8) is 0 Å². The predicted molar refractivity (Wildman–Crippen MR) is 48.1 cm³/mol. The number of aliphatic imine (C=N–C) groups is 2. The maximum Gasteiger partial charge on any atom is 0.254 e. The van der Waals surface area contributed by atoms with Crippen LogP contribution in [0.15, 0.2) is 9.98 Å². The average Bonchev–Trinajstić information content (AvgIpc) is 2.33. The van der Waals surface area contributed by atoms with E-state index < -0.39 is 6.04 Å². The molecule has 0 fully saturated rings. The van der Waals surface area contributed by atoms with E-state index in [1.165, 1.54) is 10.6 Å². The molecule has 6 heteroatoms. The van der Waals surface area contributed by atoms with Crippen LogP contribution in [0.2, 0.25) is 0 Å². The highest BCUT2D eigenvalue weighted by molar-refractivity contribution is 7.78. The molecule has 2 aliphatic rings. The van der Waals surface area contributed by atoms with E-state index >= 15 is 0 Å². The molecule has 1 amide bonds. The Bertz CT molecular complexity index is 287. The summed E-state index contributed by atoms with van der Waals surface area (Å²) in [5.74, 6) is 0.506. The number of thiol groups is 1. The largest absolute Gasteiger partial charge is 0.313 e. The lowest BCUT2D eigenvalue weighted by atomic mass is 10.2. The van der Waals surface area contributed by atoms with Crippen LogP contribution in [0.25, 0.3) is 0 Å². The SMILES string of the molecule is CC1=NC2C(N=CN2S)C(=O)N1. The molecule has 0 bridgehead atoms. The smallest absolute Gasteiger partial charge is 0.254 e. The Kier molecular flexibility index (Phi) is 1.57. The van der Waals surface area contributed by atoms with Crippen LogP contribution in [0.4, 0.5) is 0 Å².